The molecule has 1 aromatic carbocycles. The van der Waals surface area contributed by atoms with Crippen molar-refractivity contribution in [2.75, 3.05) is 26.0 Å². The third-order valence-electron chi connectivity index (χ3n) is 5.48. The molecule has 2 aliphatic rings. The number of hydrogen-bond donors (Lipinski definition) is 1. The summed E-state index contributed by atoms with van der Waals surface area (Å²) < 4.78 is 0. The molecule has 2 heterocycles. The van der Waals surface area contributed by atoms with Crippen molar-refractivity contribution in [1.82, 2.24) is 14.8 Å². The number of carbonyl (C=O) groups is 2. The second kappa shape index (κ2) is 9.41. The lowest BCUT2D eigenvalue weighted by molar-refractivity contribution is -0.125. The molecular weight excluding hydrogens is 400 g/mol. The first-order valence-electron chi connectivity index (χ1n) is 9.99. The van der Waals surface area contributed by atoms with Crippen LogP contribution in [-0.4, -0.2) is 47.2 Å². The van der Waals surface area contributed by atoms with Crippen molar-refractivity contribution in [3.8, 4) is 0 Å². The molecule has 158 valence electrons. The van der Waals surface area contributed by atoms with Gasteiger partial charge in [0.05, 0.1) is 6.54 Å². The van der Waals surface area contributed by atoms with Gasteiger partial charge in [-0.25, -0.2) is 4.98 Å². The molecule has 1 aliphatic heterocycles. The number of halogens is 1. The summed E-state index contributed by atoms with van der Waals surface area (Å²) in [6, 6.07) is 8.52. The zero-order valence-electron chi connectivity index (χ0n) is 17.4. The van der Waals surface area contributed by atoms with Crippen LogP contribution >= 0.6 is 12.4 Å². The van der Waals surface area contributed by atoms with E-state index >= 15 is 0 Å². The minimum absolute atomic E-state index is 0. The average molecular weight is 427 g/mol. The molecule has 7 heteroatoms. The summed E-state index contributed by atoms with van der Waals surface area (Å²) >= 11 is 0. The van der Waals surface area contributed by atoms with Crippen LogP contribution in [0.15, 0.2) is 36.5 Å². The molecule has 1 aromatic heterocycles. The number of likely N-dealkylation sites (N-methyl/N-ethyl adjacent to an activating group) is 2. The molecule has 6 nitrogen and oxygen atoms in total. The van der Waals surface area contributed by atoms with E-state index in [1.54, 1.807) is 23.2 Å². The van der Waals surface area contributed by atoms with Gasteiger partial charge in [-0.3, -0.25) is 14.5 Å². The first-order chi connectivity index (χ1) is 14.0. The fourth-order valence-electron chi connectivity index (χ4n) is 3.99. The van der Waals surface area contributed by atoms with E-state index in [0.717, 1.165) is 17.5 Å². The van der Waals surface area contributed by atoms with Gasteiger partial charge in [-0.2, -0.15) is 0 Å². The quantitative estimate of drug-likeness (QED) is 0.763. The minimum atomic E-state index is -0.0644. The van der Waals surface area contributed by atoms with Gasteiger partial charge in [-0.15, -0.1) is 12.4 Å². The van der Waals surface area contributed by atoms with Gasteiger partial charge >= 0.3 is 0 Å². The van der Waals surface area contributed by atoms with Crippen molar-refractivity contribution in [2.24, 2.45) is 0 Å². The molecule has 0 bridgehead atoms. The molecule has 2 aromatic rings. The van der Waals surface area contributed by atoms with Gasteiger partial charge in [0, 0.05) is 38.0 Å². The lowest BCUT2D eigenvalue weighted by Gasteiger charge is -2.16. The first kappa shape index (κ1) is 22.0. The number of aryl methyl sites for hydroxylation is 2. The molecule has 0 saturated carbocycles. The monoisotopic (exact) mass is 426 g/mol. The number of rotatable bonds is 4. The minimum Gasteiger partial charge on any atom is -0.338 e. The Morgan fingerprint density at radius 2 is 2.00 bits per heavy atom. The Morgan fingerprint density at radius 1 is 1.20 bits per heavy atom. The Balaban J connectivity index is 0.00000256. The largest absolute Gasteiger partial charge is 0.338 e. The van der Waals surface area contributed by atoms with E-state index in [1.807, 2.05) is 25.1 Å². The summed E-state index contributed by atoms with van der Waals surface area (Å²) in [5.41, 5.74) is 5.82. The van der Waals surface area contributed by atoms with E-state index in [9.17, 15) is 9.59 Å². The number of aromatic nitrogens is 1. The lowest BCUT2D eigenvalue weighted by atomic mass is 10.1. The third kappa shape index (κ3) is 5.07. The highest BCUT2D eigenvalue weighted by Crippen LogP contribution is 2.23. The van der Waals surface area contributed by atoms with E-state index < -0.39 is 0 Å². The van der Waals surface area contributed by atoms with E-state index in [0.29, 0.717) is 25.5 Å². The van der Waals surface area contributed by atoms with Crippen molar-refractivity contribution in [3.63, 3.8) is 0 Å². The predicted molar refractivity (Wildman–Crippen MR) is 120 cm³/mol. The number of anilines is 1. The molecule has 1 aliphatic carbocycles. The zero-order valence-corrected chi connectivity index (χ0v) is 18.2. The maximum atomic E-state index is 12.5. The second-order valence-electron chi connectivity index (χ2n) is 7.98. The maximum absolute atomic E-state index is 12.5. The summed E-state index contributed by atoms with van der Waals surface area (Å²) in [7, 11) is 3.72. The normalized spacial score (nSPS) is 15.7. The number of carbonyl (C=O) groups excluding carboxylic acids is 2. The van der Waals surface area contributed by atoms with Gasteiger partial charge in [-0.1, -0.05) is 18.2 Å². The van der Waals surface area contributed by atoms with Crippen LogP contribution in [0.5, 0.6) is 0 Å². The maximum Gasteiger partial charge on any atom is 0.246 e. The Kier molecular flexibility index (Phi) is 6.90. The van der Waals surface area contributed by atoms with Crippen LogP contribution in [-0.2, 0) is 35.5 Å². The van der Waals surface area contributed by atoms with Crippen molar-refractivity contribution >= 4 is 36.1 Å². The van der Waals surface area contributed by atoms with Crippen LogP contribution in [0, 0.1) is 0 Å². The Morgan fingerprint density at radius 3 is 2.83 bits per heavy atom. The molecular formula is C23H27ClN4O2. The molecule has 30 heavy (non-hydrogen) atoms. The molecule has 0 unspecified atom stereocenters. The molecule has 2 amide bonds. The van der Waals surface area contributed by atoms with Gasteiger partial charge in [-0.05, 0) is 60.7 Å². The van der Waals surface area contributed by atoms with E-state index in [4.69, 9.17) is 0 Å². The average Bonchev–Trinajstić information content (AvgIpc) is 3.09. The predicted octanol–water partition coefficient (Wildman–Crippen LogP) is 3.05. The van der Waals surface area contributed by atoms with E-state index in [1.165, 1.54) is 29.5 Å². The number of nitrogens with zero attached hydrogens (tertiary/aromatic N) is 3. The smallest absolute Gasteiger partial charge is 0.246 e. The van der Waals surface area contributed by atoms with Crippen LogP contribution < -0.4 is 5.32 Å². The number of fused-ring (bicyclic) bond motifs is 2. The summed E-state index contributed by atoms with van der Waals surface area (Å²) in [4.78, 5) is 32.3. The van der Waals surface area contributed by atoms with Gasteiger partial charge in [0.25, 0.3) is 0 Å². The van der Waals surface area contributed by atoms with Crippen molar-refractivity contribution in [3.05, 3.63) is 64.4 Å². The molecule has 0 atom stereocenters. The van der Waals surface area contributed by atoms with Crippen LogP contribution in [0.3, 0.4) is 0 Å². The second-order valence-corrected chi connectivity index (χ2v) is 7.98. The standard InChI is InChI=1S/C23H26N4O2.ClH/c1-26-14-20-10-16(12-24-23(20)25-21(28)15-26)7-9-22(29)27(2)13-17-6-8-18-4-3-5-19(18)11-17;/h6-12H,3-5,13-15H2,1-2H3,(H,24,25,28);1H/b9-7+;. The Bertz CT molecular complexity index is 989. The van der Waals surface area contributed by atoms with E-state index in [-0.39, 0.29) is 24.2 Å². The molecule has 0 spiro atoms. The molecule has 4 rings (SSSR count). The number of pyridine rings is 1. The summed E-state index contributed by atoms with van der Waals surface area (Å²) in [6.07, 6.45) is 8.57. The highest BCUT2D eigenvalue weighted by Gasteiger charge is 2.17. The van der Waals surface area contributed by atoms with Crippen LogP contribution in [0.4, 0.5) is 5.82 Å². The van der Waals surface area contributed by atoms with Crippen molar-refractivity contribution < 1.29 is 9.59 Å². The van der Waals surface area contributed by atoms with Crippen LogP contribution in [0.25, 0.3) is 6.08 Å². The van der Waals surface area contributed by atoms with Crippen molar-refractivity contribution in [1.29, 1.82) is 0 Å². The summed E-state index contributed by atoms with van der Waals surface area (Å²) in [5, 5.41) is 2.82. The summed E-state index contributed by atoms with van der Waals surface area (Å²) in [5.74, 6) is 0.479. The van der Waals surface area contributed by atoms with Crippen molar-refractivity contribution in [2.45, 2.75) is 32.4 Å². The number of hydrogen-bond acceptors (Lipinski definition) is 4. The highest BCUT2D eigenvalue weighted by molar-refractivity contribution is 5.93. The molecule has 0 fully saturated rings. The molecule has 0 radical (unpaired) electrons. The van der Waals surface area contributed by atoms with E-state index in [2.05, 4.69) is 28.5 Å². The topological polar surface area (TPSA) is 65.5 Å². The van der Waals surface area contributed by atoms with Gasteiger partial charge in [0.2, 0.25) is 11.8 Å². The SMILES string of the molecule is CN1CC(=O)Nc2ncc(/C=C/C(=O)N(C)Cc3ccc4c(c3)CCC4)cc2C1.Cl. The number of benzene rings is 1. The molecule has 1 N–H and O–H groups in total. The fourth-order valence-corrected chi connectivity index (χ4v) is 3.99. The molecule has 0 saturated heterocycles. The summed E-state index contributed by atoms with van der Waals surface area (Å²) in [6.45, 7) is 1.57. The lowest BCUT2D eigenvalue weighted by Crippen LogP contribution is -2.26. The van der Waals surface area contributed by atoms with Gasteiger partial charge in [0.1, 0.15) is 5.82 Å². The highest BCUT2D eigenvalue weighted by atomic mass is 35.5. The van der Waals surface area contributed by atoms with Gasteiger partial charge in [0.15, 0.2) is 0 Å². The third-order valence-corrected chi connectivity index (χ3v) is 5.48. The zero-order chi connectivity index (χ0) is 20.4. The first-order valence-corrected chi connectivity index (χ1v) is 9.99. The Labute approximate surface area is 183 Å². The fraction of sp³-hybridized carbons (Fsp3) is 0.348. The number of nitrogens with one attached hydrogen (secondary N) is 1. The number of amides is 2. The van der Waals surface area contributed by atoms with Gasteiger partial charge < -0.3 is 10.2 Å². The van der Waals surface area contributed by atoms with Crippen LogP contribution in [0.2, 0.25) is 0 Å². The Hall–Kier alpha value is -2.70. The van der Waals surface area contributed by atoms with Crippen LogP contribution in [0.1, 0.15) is 34.2 Å².